The second kappa shape index (κ2) is 8.11. The molecule has 0 fully saturated rings. The van der Waals surface area contributed by atoms with Crippen molar-refractivity contribution in [2.24, 2.45) is 0 Å². The van der Waals surface area contributed by atoms with Crippen molar-refractivity contribution in [3.8, 4) is 11.5 Å². The molecule has 0 saturated carbocycles. The van der Waals surface area contributed by atoms with E-state index in [1.54, 1.807) is 0 Å². The zero-order valence-electron chi connectivity index (χ0n) is 17.2. The van der Waals surface area contributed by atoms with Gasteiger partial charge in [0.15, 0.2) is 30.0 Å². The number of aryl methyl sites for hydroxylation is 2. The van der Waals surface area contributed by atoms with Crippen LogP contribution in [0.4, 0.5) is 0 Å². The Morgan fingerprint density at radius 1 is 1.14 bits per heavy atom. The van der Waals surface area contributed by atoms with Crippen LogP contribution in [0.15, 0.2) is 54.9 Å². The number of carbonyl (C=O) groups is 1. The lowest BCUT2D eigenvalue weighted by Crippen LogP contribution is -2.37. The Labute approximate surface area is 171 Å². The van der Waals surface area contributed by atoms with Crippen molar-refractivity contribution in [1.82, 2.24) is 4.57 Å². The molecule has 5 nitrogen and oxygen atoms in total. The number of hydrogen-bond acceptors (Lipinski definition) is 3. The van der Waals surface area contributed by atoms with E-state index >= 15 is 0 Å². The van der Waals surface area contributed by atoms with Crippen molar-refractivity contribution >= 4 is 5.78 Å². The summed E-state index contributed by atoms with van der Waals surface area (Å²) >= 11 is 0. The molecular weight excluding hydrogens is 364 g/mol. The van der Waals surface area contributed by atoms with E-state index in [2.05, 4.69) is 23.6 Å². The smallest absolute Gasteiger partial charge is 0.229 e. The van der Waals surface area contributed by atoms with Gasteiger partial charge in [-0.1, -0.05) is 19.1 Å². The van der Waals surface area contributed by atoms with E-state index < -0.39 is 0 Å². The van der Waals surface area contributed by atoms with Gasteiger partial charge in [0.1, 0.15) is 6.61 Å². The minimum Gasteiger partial charge on any atom is -0.486 e. The first-order valence-corrected chi connectivity index (χ1v) is 10.1. The molecule has 3 heterocycles. The molecule has 1 aliphatic heterocycles. The first-order chi connectivity index (χ1) is 14.0. The van der Waals surface area contributed by atoms with Crippen LogP contribution in [0.5, 0.6) is 11.5 Å². The van der Waals surface area contributed by atoms with Crippen LogP contribution in [-0.4, -0.2) is 23.1 Å². The topological polar surface area (TPSA) is 44.3 Å². The summed E-state index contributed by atoms with van der Waals surface area (Å²) in [5.74, 6) is 1.67. The number of fused-ring (bicyclic) bond motifs is 1. The molecule has 4 rings (SSSR count). The molecular formula is C24H27N2O3+. The van der Waals surface area contributed by atoms with Gasteiger partial charge in [0.25, 0.3) is 0 Å². The number of aromatic nitrogens is 2. The lowest BCUT2D eigenvalue weighted by atomic mass is 10.1. The number of ether oxygens (including phenoxy) is 2. The van der Waals surface area contributed by atoms with E-state index in [-0.39, 0.29) is 11.9 Å². The molecule has 0 aliphatic carbocycles. The zero-order chi connectivity index (χ0) is 20.4. The van der Waals surface area contributed by atoms with Crippen molar-refractivity contribution in [3.05, 3.63) is 77.4 Å². The maximum Gasteiger partial charge on any atom is 0.229 e. The number of nitrogens with zero attached hydrogens (tertiary/aromatic N) is 2. The third kappa shape index (κ3) is 4.04. The lowest BCUT2D eigenvalue weighted by Gasteiger charge is -2.27. The summed E-state index contributed by atoms with van der Waals surface area (Å²) in [7, 11) is 0. The Morgan fingerprint density at radius 3 is 2.59 bits per heavy atom. The molecule has 1 aromatic carbocycles. The molecule has 0 radical (unpaired) electrons. The highest BCUT2D eigenvalue weighted by Gasteiger charge is 2.24. The number of para-hydroxylation sites is 2. The van der Waals surface area contributed by atoms with Crippen LogP contribution in [0.1, 0.15) is 34.2 Å². The summed E-state index contributed by atoms with van der Waals surface area (Å²) in [4.78, 5) is 12.9. The molecule has 0 N–H and O–H groups in total. The van der Waals surface area contributed by atoms with Crippen molar-refractivity contribution in [1.29, 1.82) is 0 Å². The van der Waals surface area contributed by atoms with Crippen LogP contribution >= 0.6 is 0 Å². The lowest BCUT2D eigenvalue weighted by molar-refractivity contribution is -0.683. The van der Waals surface area contributed by atoms with Gasteiger partial charge in [-0.25, -0.2) is 0 Å². The number of pyridine rings is 1. The normalized spacial score (nSPS) is 15.3. The van der Waals surface area contributed by atoms with Crippen molar-refractivity contribution in [3.63, 3.8) is 0 Å². The van der Waals surface area contributed by atoms with E-state index in [9.17, 15) is 4.79 Å². The largest absolute Gasteiger partial charge is 0.486 e. The highest BCUT2D eigenvalue weighted by Crippen LogP contribution is 2.31. The molecule has 3 aromatic rings. The van der Waals surface area contributed by atoms with Crippen LogP contribution in [0.2, 0.25) is 0 Å². The molecule has 1 aliphatic rings. The summed E-state index contributed by atoms with van der Waals surface area (Å²) in [6, 6.07) is 13.8. The average Bonchev–Trinajstić information content (AvgIpc) is 3.02. The van der Waals surface area contributed by atoms with E-state index in [4.69, 9.17) is 9.47 Å². The van der Waals surface area contributed by atoms with Gasteiger partial charge in [-0.3, -0.25) is 4.79 Å². The molecule has 5 heteroatoms. The van der Waals surface area contributed by atoms with Crippen LogP contribution in [-0.2, 0) is 19.5 Å². The molecule has 0 bridgehead atoms. The maximum atomic E-state index is 12.9. The number of rotatable bonds is 6. The van der Waals surface area contributed by atoms with Gasteiger partial charge in [0.05, 0.1) is 6.54 Å². The quantitative estimate of drug-likeness (QED) is 0.476. The number of benzene rings is 1. The van der Waals surface area contributed by atoms with Crippen molar-refractivity contribution < 1.29 is 18.8 Å². The van der Waals surface area contributed by atoms with E-state index in [0.29, 0.717) is 19.7 Å². The maximum absolute atomic E-state index is 12.9. The first kappa shape index (κ1) is 19.2. The minimum absolute atomic E-state index is 0.0892. The fourth-order valence-electron chi connectivity index (χ4n) is 3.80. The molecule has 29 heavy (non-hydrogen) atoms. The van der Waals surface area contributed by atoms with Gasteiger partial charge >= 0.3 is 0 Å². The fraction of sp³-hybridized carbons (Fsp3) is 0.333. The van der Waals surface area contributed by atoms with E-state index in [1.807, 2.05) is 61.1 Å². The first-order valence-electron chi connectivity index (χ1n) is 10.1. The zero-order valence-corrected chi connectivity index (χ0v) is 17.2. The third-order valence-electron chi connectivity index (χ3n) is 5.52. The molecule has 1 atom stereocenters. The molecule has 0 spiro atoms. The predicted octanol–water partition coefficient (Wildman–Crippen LogP) is 3.68. The summed E-state index contributed by atoms with van der Waals surface area (Å²) in [5, 5.41) is 0. The van der Waals surface area contributed by atoms with Gasteiger partial charge < -0.3 is 14.0 Å². The van der Waals surface area contributed by atoms with Gasteiger partial charge in [-0.05, 0) is 44.0 Å². The van der Waals surface area contributed by atoms with Gasteiger partial charge in [-0.2, -0.15) is 4.57 Å². The van der Waals surface area contributed by atoms with E-state index in [1.165, 1.54) is 5.56 Å². The van der Waals surface area contributed by atoms with Gasteiger partial charge in [0.2, 0.25) is 12.3 Å². The monoisotopic (exact) mass is 391 g/mol. The van der Waals surface area contributed by atoms with Gasteiger partial charge in [0, 0.05) is 29.1 Å². The molecule has 0 saturated heterocycles. The standard InChI is InChI=1S/C24H27N2O3/c1-4-19-9-11-25(12-10-19)15-22(27)21-13-17(2)26(18(21)3)14-20-16-28-23-7-5-6-8-24(23)29-20/h5-13,20H,4,14-16H2,1-3H3/q+1/t20-/m1/s1. The Kier molecular flexibility index (Phi) is 5.38. The fourth-order valence-corrected chi connectivity index (χ4v) is 3.80. The van der Waals surface area contributed by atoms with Crippen LogP contribution < -0.4 is 14.0 Å². The Balaban J connectivity index is 1.48. The predicted molar refractivity (Wildman–Crippen MR) is 111 cm³/mol. The third-order valence-corrected chi connectivity index (χ3v) is 5.52. The summed E-state index contributed by atoms with van der Waals surface area (Å²) in [6.07, 6.45) is 4.85. The van der Waals surface area contributed by atoms with Crippen LogP contribution in [0, 0.1) is 13.8 Å². The summed E-state index contributed by atoms with van der Waals surface area (Å²) in [5.41, 5.74) is 4.07. The second-order valence-electron chi connectivity index (χ2n) is 7.55. The highest BCUT2D eigenvalue weighted by atomic mass is 16.6. The summed E-state index contributed by atoms with van der Waals surface area (Å²) < 4.78 is 16.0. The van der Waals surface area contributed by atoms with E-state index in [0.717, 1.165) is 34.9 Å². The van der Waals surface area contributed by atoms with Crippen LogP contribution in [0.25, 0.3) is 0 Å². The van der Waals surface area contributed by atoms with Crippen molar-refractivity contribution in [2.45, 2.75) is 46.4 Å². The SMILES string of the molecule is CCc1cc[n+](CC(=O)c2cc(C)n(C[C@@H]3COc4ccccc4O3)c2C)cc1. The molecule has 0 unspecified atom stereocenters. The Morgan fingerprint density at radius 2 is 1.86 bits per heavy atom. The minimum atomic E-state index is -0.0892. The molecule has 0 amide bonds. The number of ketones is 1. The molecule has 2 aromatic heterocycles. The van der Waals surface area contributed by atoms with Gasteiger partial charge in [-0.15, -0.1) is 0 Å². The average molecular weight is 391 g/mol. The summed E-state index contributed by atoms with van der Waals surface area (Å²) in [6.45, 7) is 7.64. The van der Waals surface area contributed by atoms with Crippen molar-refractivity contribution in [2.75, 3.05) is 6.61 Å². The number of Topliss-reactive ketones (excluding diaryl/α,β-unsaturated/α-hetero) is 1. The highest BCUT2D eigenvalue weighted by molar-refractivity contribution is 5.96. The molecule has 150 valence electrons. The Hall–Kier alpha value is -3.08. The van der Waals surface area contributed by atoms with Crippen LogP contribution in [0.3, 0.4) is 0 Å². The number of carbonyl (C=O) groups excluding carboxylic acids is 1. The second-order valence-corrected chi connectivity index (χ2v) is 7.55. The number of hydrogen-bond donors (Lipinski definition) is 0. The Bertz CT molecular complexity index is 1020.